The van der Waals surface area contributed by atoms with Gasteiger partial charge in [-0.05, 0) is 29.8 Å². The predicted molar refractivity (Wildman–Crippen MR) is 89.0 cm³/mol. The van der Waals surface area contributed by atoms with Crippen molar-refractivity contribution in [1.29, 1.82) is 0 Å². The highest BCUT2D eigenvalue weighted by atomic mass is 19.1. The van der Waals surface area contributed by atoms with E-state index < -0.39 is 16.4 Å². The van der Waals surface area contributed by atoms with E-state index in [0.29, 0.717) is 5.56 Å². The number of carbonyl (C=O) groups excluding carboxylic acids is 1. The van der Waals surface area contributed by atoms with Crippen molar-refractivity contribution in [3.05, 3.63) is 82.4 Å². The van der Waals surface area contributed by atoms with Gasteiger partial charge in [0.1, 0.15) is 0 Å². The highest BCUT2D eigenvalue weighted by Gasteiger charge is 2.15. The Bertz CT molecular complexity index is 925. The molecule has 0 spiro atoms. The lowest BCUT2D eigenvalue weighted by molar-refractivity contribution is -0.387. The number of amides is 1. The third kappa shape index (κ3) is 3.86. The summed E-state index contributed by atoms with van der Waals surface area (Å²) < 4.78 is 14.9. The molecule has 2 aromatic carbocycles. The summed E-state index contributed by atoms with van der Waals surface area (Å²) in [5, 5.41) is 17.4. The van der Waals surface area contributed by atoms with Gasteiger partial charge in [-0.25, -0.2) is 4.68 Å². The molecular weight excluding hydrogens is 327 g/mol. The number of anilines is 1. The topological polar surface area (TPSA) is 90.1 Å². The van der Waals surface area contributed by atoms with Gasteiger partial charge in [0.2, 0.25) is 11.7 Å². The van der Waals surface area contributed by atoms with Gasteiger partial charge in [0.05, 0.1) is 23.2 Å². The molecule has 0 radical (unpaired) electrons. The number of nitro groups is 1. The number of hydrogen-bond acceptors (Lipinski definition) is 4. The lowest BCUT2D eigenvalue weighted by Gasteiger charge is -2.04. The van der Waals surface area contributed by atoms with Crippen LogP contribution in [0.4, 0.5) is 15.8 Å². The number of benzene rings is 2. The quantitative estimate of drug-likeness (QED) is 0.571. The molecule has 1 heterocycles. The molecule has 126 valence electrons. The second-order valence-electron chi connectivity index (χ2n) is 5.28. The van der Waals surface area contributed by atoms with E-state index in [4.69, 9.17) is 0 Å². The molecule has 0 aliphatic heterocycles. The Morgan fingerprint density at radius 2 is 2.00 bits per heavy atom. The molecule has 8 heteroatoms. The van der Waals surface area contributed by atoms with Gasteiger partial charge in [0, 0.05) is 18.0 Å². The van der Waals surface area contributed by atoms with E-state index >= 15 is 0 Å². The Morgan fingerprint density at radius 3 is 2.72 bits per heavy atom. The summed E-state index contributed by atoms with van der Waals surface area (Å²) in [4.78, 5) is 22.0. The fraction of sp³-hybridized carbons (Fsp3) is 0.0588. The smallest absolute Gasteiger partial charge is 0.306 e. The first kappa shape index (κ1) is 16.3. The number of nitrogens with zero attached hydrogens (tertiary/aromatic N) is 3. The molecule has 0 aliphatic rings. The number of hydrogen-bond donors (Lipinski definition) is 1. The first-order chi connectivity index (χ1) is 12.0. The summed E-state index contributed by atoms with van der Waals surface area (Å²) in [6.07, 6.45) is 3.33. The minimum absolute atomic E-state index is 0.0397. The molecule has 0 aliphatic carbocycles. The Morgan fingerprint density at radius 1 is 1.24 bits per heavy atom. The fourth-order valence-corrected chi connectivity index (χ4v) is 2.29. The maximum atomic E-state index is 13.3. The van der Waals surface area contributed by atoms with E-state index in [1.807, 2.05) is 30.3 Å². The zero-order valence-electron chi connectivity index (χ0n) is 12.9. The number of halogens is 1. The van der Waals surface area contributed by atoms with Gasteiger partial charge in [0.25, 0.3) is 0 Å². The largest absolute Gasteiger partial charge is 0.326 e. The van der Waals surface area contributed by atoms with Crippen molar-refractivity contribution in [3.63, 3.8) is 0 Å². The molecule has 0 fully saturated rings. The van der Waals surface area contributed by atoms with E-state index in [9.17, 15) is 19.3 Å². The van der Waals surface area contributed by atoms with Crippen LogP contribution in [0.15, 0.2) is 60.9 Å². The lowest BCUT2D eigenvalue weighted by atomic mass is 10.2. The Kier molecular flexibility index (Phi) is 4.51. The van der Waals surface area contributed by atoms with Gasteiger partial charge in [-0.2, -0.15) is 9.49 Å². The SMILES string of the molecule is O=C(Cc1cnn(-c2ccccc2)c1)Nc1ccc(F)c([N+](=O)[O-])c1. The average molecular weight is 340 g/mol. The Labute approximate surface area is 141 Å². The molecule has 0 saturated heterocycles. The number of para-hydroxylation sites is 1. The van der Waals surface area contributed by atoms with Crippen LogP contribution in [-0.4, -0.2) is 20.6 Å². The van der Waals surface area contributed by atoms with Crippen LogP contribution in [0.2, 0.25) is 0 Å². The normalized spacial score (nSPS) is 10.4. The molecule has 1 aromatic heterocycles. The van der Waals surface area contributed by atoms with Crippen LogP contribution in [0.3, 0.4) is 0 Å². The number of rotatable bonds is 5. The van der Waals surface area contributed by atoms with E-state index in [-0.39, 0.29) is 18.0 Å². The monoisotopic (exact) mass is 340 g/mol. The second kappa shape index (κ2) is 6.91. The summed E-state index contributed by atoms with van der Waals surface area (Å²) in [6, 6.07) is 12.6. The van der Waals surface area contributed by atoms with Gasteiger partial charge in [-0.15, -0.1) is 0 Å². The van der Waals surface area contributed by atoms with Crippen LogP contribution < -0.4 is 5.32 Å². The third-order valence-corrected chi connectivity index (χ3v) is 3.45. The van der Waals surface area contributed by atoms with Gasteiger partial charge in [-0.3, -0.25) is 14.9 Å². The molecule has 25 heavy (non-hydrogen) atoms. The van der Waals surface area contributed by atoms with E-state index in [1.165, 1.54) is 6.07 Å². The average Bonchev–Trinajstić information content (AvgIpc) is 3.05. The van der Waals surface area contributed by atoms with Crippen molar-refractivity contribution in [2.45, 2.75) is 6.42 Å². The second-order valence-corrected chi connectivity index (χ2v) is 5.28. The molecular formula is C17H13FN4O3. The minimum Gasteiger partial charge on any atom is -0.326 e. The predicted octanol–water partition coefficient (Wildman–Crippen LogP) is 3.10. The first-order valence-electron chi connectivity index (χ1n) is 7.36. The third-order valence-electron chi connectivity index (χ3n) is 3.45. The summed E-state index contributed by atoms with van der Waals surface area (Å²) in [7, 11) is 0. The molecule has 1 N–H and O–H groups in total. The molecule has 0 atom stereocenters. The maximum Gasteiger partial charge on any atom is 0.306 e. The zero-order chi connectivity index (χ0) is 17.8. The summed E-state index contributed by atoms with van der Waals surface area (Å²) in [6.45, 7) is 0. The van der Waals surface area contributed by atoms with Crippen LogP contribution in [0.5, 0.6) is 0 Å². The van der Waals surface area contributed by atoms with Crippen LogP contribution in [0.25, 0.3) is 5.69 Å². The van der Waals surface area contributed by atoms with Gasteiger partial charge < -0.3 is 5.32 Å². The Balaban J connectivity index is 1.68. The fourth-order valence-electron chi connectivity index (χ4n) is 2.29. The van der Waals surface area contributed by atoms with Crippen molar-refractivity contribution in [2.24, 2.45) is 0 Å². The van der Waals surface area contributed by atoms with Gasteiger partial charge in [-0.1, -0.05) is 18.2 Å². The van der Waals surface area contributed by atoms with Crippen LogP contribution in [-0.2, 0) is 11.2 Å². The van der Waals surface area contributed by atoms with Gasteiger partial charge >= 0.3 is 5.69 Å². The summed E-state index contributed by atoms with van der Waals surface area (Å²) >= 11 is 0. The number of nitrogens with one attached hydrogen (secondary N) is 1. The zero-order valence-corrected chi connectivity index (χ0v) is 12.9. The number of nitro benzene ring substituents is 1. The van der Waals surface area contributed by atoms with Gasteiger partial charge in [0.15, 0.2) is 0 Å². The maximum absolute atomic E-state index is 13.3. The molecule has 3 rings (SSSR count). The van der Waals surface area contributed by atoms with E-state index in [0.717, 1.165) is 17.8 Å². The molecule has 3 aromatic rings. The van der Waals surface area contributed by atoms with Crippen molar-refractivity contribution >= 4 is 17.3 Å². The van der Waals surface area contributed by atoms with E-state index in [1.54, 1.807) is 17.1 Å². The first-order valence-corrected chi connectivity index (χ1v) is 7.36. The minimum atomic E-state index is -0.952. The highest BCUT2D eigenvalue weighted by Crippen LogP contribution is 2.21. The lowest BCUT2D eigenvalue weighted by Crippen LogP contribution is -2.14. The van der Waals surface area contributed by atoms with Crippen molar-refractivity contribution < 1.29 is 14.1 Å². The van der Waals surface area contributed by atoms with Crippen LogP contribution >= 0.6 is 0 Å². The molecule has 0 unspecified atom stereocenters. The van der Waals surface area contributed by atoms with Crippen molar-refractivity contribution in [1.82, 2.24) is 9.78 Å². The standard InChI is InChI=1S/C17H13FN4O3/c18-15-7-6-13(9-16(15)22(24)25)20-17(23)8-12-10-19-21(11-12)14-4-2-1-3-5-14/h1-7,9-11H,8H2,(H,20,23). The summed E-state index contributed by atoms with van der Waals surface area (Å²) in [5.74, 6) is -1.33. The number of aromatic nitrogens is 2. The Hall–Kier alpha value is -3.55. The molecule has 0 saturated carbocycles. The van der Waals surface area contributed by atoms with Crippen molar-refractivity contribution in [3.8, 4) is 5.69 Å². The summed E-state index contributed by atoms with van der Waals surface area (Å²) in [5.41, 5.74) is 1.02. The van der Waals surface area contributed by atoms with Crippen molar-refractivity contribution in [2.75, 3.05) is 5.32 Å². The number of carbonyl (C=O) groups is 1. The molecule has 1 amide bonds. The molecule has 0 bridgehead atoms. The molecule has 7 nitrogen and oxygen atoms in total. The van der Waals surface area contributed by atoms with Crippen LogP contribution in [0, 0.1) is 15.9 Å². The van der Waals surface area contributed by atoms with E-state index in [2.05, 4.69) is 10.4 Å². The highest BCUT2D eigenvalue weighted by molar-refractivity contribution is 5.92. The van der Waals surface area contributed by atoms with Crippen LogP contribution in [0.1, 0.15) is 5.56 Å².